The second-order valence-corrected chi connectivity index (χ2v) is 3.67. The minimum atomic E-state index is -0.269. The molecule has 1 heterocycles. The van der Waals surface area contributed by atoms with Gasteiger partial charge in [0.15, 0.2) is 6.29 Å². The zero-order valence-electron chi connectivity index (χ0n) is 8.26. The lowest BCUT2D eigenvalue weighted by Crippen LogP contribution is -2.13. The van der Waals surface area contributed by atoms with Crippen molar-refractivity contribution in [2.75, 3.05) is 0 Å². The van der Waals surface area contributed by atoms with Crippen LogP contribution in [-0.4, -0.2) is 16.8 Å². The summed E-state index contributed by atoms with van der Waals surface area (Å²) in [4.78, 5) is 22.7. The van der Waals surface area contributed by atoms with Crippen LogP contribution < -0.4 is 0 Å². The molecule has 0 radical (unpaired) electrons. The summed E-state index contributed by atoms with van der Waals surface area (Å²) in [6.45, 7) is 0. The summed E-state index contributed by atoms with van der Waals surface area (Å²) < 4.78 is 1.29. The average Bonchev–Trinajstić information content (AvgIpc) is 2.76. The summed E-state index contributed by atoms with van der Waals surface area (Å²) in [7, 11) is 0. The molecule has 2 rings (SSSR count). The van der Waals surface area contributed by atoms with E-state index < -0.39 is 0 Å². The van der Waals surface area contributed by atoms with Gasteiger partial charge >= 0.3 is 0 Å². The van der Waals surface area contributed by atoms with E-state index in [1.54, 1.807) is 42.6 Å². The minimum absolute atomic E-state index is 0.269. The van der Waals surface area contributed by atoms with E-state index in [-0.39, 0.29) is 5.91 Å². The zero-order chi connectivity index (χ0) is 11.5. The van der Waals surface area contributed by atoms with Crippen LogP contribution in [0.2, 0.25) is 5.02 Å². The second kappa shape index (κ2) is 4.33. The Kier molecular flexibility index (Phi) is 2.88. The van der Waals surface area contributed by atoms with Crippen LogP contribution in [0, 0.1) is 0 Å². The van der Waals surface area contributed by atoms with E-state index in [2.05, 4.69) is 0 Å². The molecular formula is C12H8ClNO2. The highest BCUT2D eigenvalue weighted by atomic mass is 35.5. The van der Waals surface area contributed by atoms with E-state index in [0.29, 0.717) is 22.6 Å². The molecule has 3 nitrogen and oxygen atoms in total. The summed E-state index contributed by atoms with van der Waals surface area (Å²) in [5, 5.41) is 0.491. The molecule has 0 aliphatic rings. The molecule has 80 valence electrons. The fraction of sp³-hybridized carbons (Fsp3) is 0. The van der Waals surface area contributed by atoms with Gasteiger partial charge in [-0.2, -0.15) is 0 Å². The van der Waals surface area contributed by atoms with Crippen LogP contribution in [0.1, 0.15) is 20.8 Å². The van der Waals surface area contributed by atoms with Crippen LogP contribution in [0.3, 0.4) is 0 Å². The lowest BCUT2D eigenvalue weighted by molar-refractivity contribution is 0.0947. The first-order valence-electron chi connectivity index (χ1n) is 4.65. The van der Waals surface area contributed by atoms with Crippen LogP contribution >= 0.6 is 11.6 Å². The van der Waals surface area contributed by atoms with Gasteiger partial charge in [-0.05, 0) is 30.3 Å². The van der Waals surface area contributed by atoms with Crippen LogP contribution in [-0.2, 0) is 0 Å². The summed E-state index contributed by atoms with van der Waals surface area (Å²) in [6.07, 6.45) is 2.19. The number of halogens is 1. The van der Waals surface area contributed by atoms with E-state index in [0.717, 1.165) is 0 Å². The highest BCUT2D eigenvalue weighted by molar-refractivity contribution is 6.31. The normalized spacial score (nSPS) is 10.1. The Morgan fingerprint density at radius 2 is 2.06 bits per heavy atom. The fourth-order valence-electron chi connectivity index (χ4n) is 1.44. The van der Waals surface area contributed by atoms with Crippen molar-refractivity contribution in [3.63, 3.8) is 0 Å². The van der Waals surface area contributed by atoms with E-state index in [9.17, 15) is 9.59 Å². The average molecular weight is 234 g/mol. The number of hydrogen-bond acceptors (Lipinski definition) is 2. The SMILES string of the molecule is O=Cc1cccn1C(=O)c1cccc(Cl)c1. The Morgan fingerprint density at radius 3 is 2.75 bits per heavy atom. The Labute approximate surface area is 97.3 Å². The van der Waals surface area contributed by atoms with E-state index in [1.165, 1.54) is 4.57 Å². The Balaban J connectivity index is 2.43. The lowest BCUT2D eigenvalue weighted by Gasteiger charge is -2.04. The first-order valence-corrected chi connectivity index (χ1v) is 5.03. The van der Waals surface area contributed by atoms with Crippen LogP contribution in [0.4, 0.5) is 0 Å². The third kappa shape index (κ3) is 1.90. The van der Waals surface area contributed by atoms with E-state index >= 15 is 0 Å². The number of aromatic nitrogens is 1. The molecule has 1 aromatic heterocycles. The number of rotatable bonds is 2. The standard InChI is InChI=1S/C12H8ClNO2/c13-10-4-1-3-9(7-10)12(16)14-6-2-5-11(14)8-15/h1-8H. The first kappa shape index (κ1) is 10.6. The highest BCUT2D eigenvalue weighted by Crippen LogP contribution is 2.13. The van der Waals surface area contributed by atoms with Crippen molar-refractivity contribution >= 4 is 23.8 Å². The van der Waals surface area contributed by atoms with Gasteiger partial charge in [0.05, 0.1) is 5.69 Å². The first-order chi connectivity index (χ1) is 7.72. The maximum atomic E-state index is 12.0. The van der Waals surface area contributed by atoms with Crippen molar-refractivity contribution in [3.05, 3.63) is 58.9 Å². The van der Waals surface area contributed by atoms with E-state index in [1.807, 2.05) is 0 Å². The van der Waals surface area contributed by atoms with Gasteiger partial charge < -0.3 is 0 Å². The van der Waals surface area contributed by atoms with Crippen molar-refractivity contribution < 1.29 is 9.59 Å². The lowest BCUT2D eigenvalue weighted by atomic mass is 10.2. The molecule has 0 spiro atoms. The van der Waals surface area contributed by atoms with Gasteiger partial charge in [0.2, 0.25) is 0 Å². The number of carbonyl (C=O) groups excluding carboxylic acids is 2. The zero-order valence-corrected chi connectivity index (χ0v) is 9.02. The summed E-state index contributed by atoms with van der Waals surface area (Å²) in [6, 6.07) is 9.83. The topological polar surface area (TPSA) is 39.1 Å². The maximum Gasteiger partial charge on any atom is 0.262 e. The van der Waals surface area contributed by atoms with Crippen molar-refractivity contribution in [2.45, 2.75) is 0 Å². The number of hydrogen-bond donors (Lipinski definition) is 0. The van der Waals surface area contributed by atoms with Gasteiger partial charge in [-0.15, -0.1) is 0 Å². The van der Waals surface area contributed by atoms with Crippen LogP contribution in [0.25, 0.3) is 0 Å². The molecule has 1 aromatic carbocycles. The molecular weight excluding hydrogens is 226 g/mol. The van der Waals surface area contributed by atoms with Gasteiger partial charge in [-0.3, -0.25) is 14.2 Å². The molecule has 0 bridgehead atoms. The Morgan fingerprint density at radius 1 is 1.25 bits per heavy atom. The molecule has 4 heteroatoms. The second-order valence-electron chi connectivity index (χ2n) is 3.24. The van der Waals surface area contributed by atoms with Crippen LogP contribution in [0.5, 0.6) is 0 Å². The molecule has 16 heavy (non-hydrogen) atoms. The molecule has 0 saturated heterocycles. The van der Waals surface area contributed by atoms with Crippen molar-refractivity contribution in [1.29, 1.82) is 0 Å². The predicted molar refractivity (Wildman–Crippen MR) is 61.0 cm³/mol. The summed E-state index contributed by atoms with van der Waals surface area (Å²) >= 11 is 5.79. The van der Waals surface area contributed by atoms with Gasteiger partial charge in [0.1, 0.15) is 0 Å². The quantitative estimate of drug-likeness (QED) is 0.748. The molecule has 0 atom stereocenters. The number of aldehydes is 1. The third-order valence-corrected chi connectivity index (χ3v) is 2.43. The largest absolute Gasteiger partial charge is 0.296 e. The molecule has 0 saturated carbocycles. The third-order valence-electron chi connectivity index (χ3n) is 2.19. The minimum Gasteiger partial charge on any atom is -0.296 e. The van der Waals surface area contributed by atoms with Crippen molar-refractivity contribution in [3.8, 4) is 0 Å². The van der Waals surface area contributed by atoms with Gasteiger partial charge in [-0.1, -0.05) is 17.7 Å². The molecule has 0 aliphatic heterocycles. The highest BCUT2D eigenvalue weighted by Gasteiger charge is 2.11. The molecule has 0 amide bonds. The molecule has 0 N–H and O–H groups in total. The predicted octanol–water partition coefficient (Wildman–Crippen LogP) is 2.64. The monoisotopic (exact) mass is 233 g/mol. The number of nitrogens with zero attached hydrogens (tertiary/aromatic N) is 1. The molecule has 0 aliphatic carbocycles. The van der Waals surface area contributed by atoms with Gasteiger partial charge in [-0.25, -0.2) is 0 Å². The maximum absolute atomic E-state index is 12.0. The van der Waals surface area contributed by atoms with Crippen LogP contribution in [0.15, 0.2) is 42.6 Å². The van der Waals surface area contributed by atoms with Crippen molar-refractivity contribution in [1.82, 2.24) is 4.57 Å². The summed E-state index contributed by atoms with van der Waals surface area (Å²) in [5.41, 5.74) is 0.775. The molecule has 0 fully saturated rings. The number of carbonyl (C=O) groups is 2. The Bertz CT molecular complexity index is 545. The van der Waals surface area contributed by atoms with Gasteiger partial charge in [0.25, 0.3) is 5.91 Å². The van der Waals surface area contributed by atoms with Gasteiger partial charge in [0, 0.05) is 16.8 Å². The molecule has 0 unspecified atom stereocenters. The molecule has 2 aromatic rings. The number of benzene rings is 1. The summed E-state index contributed by atoms with van der Waals surface area (Å²) in [5.74, 6) is -0.269. The smallest absolute Gasteiger partial charge is 0.262 e. The fourth-order valence-corrected chi connectivity index (χ4v) is 1.63. The van der Waals surface area contributed by atoms with E-state index in [4.69, 9.17) is 11.6 Å². The Hall–Kier alpha value is -1.87. The van der Waals surface area contributed by atoms with Crippen molar-refractivity contribution in [2.24, 2.45) is 0 Å².